The lowest BCUT2D eigenvalue weighted by atomic mass is 9.83. The zero-order valence-corrected chi connectivity index (χ0v) is 17.4. The molecule has 1 N–H and O–H groups in total. The first-order chi connectivity index (χ1) is 14.6. The van der Waals surface area contributed by atoms with Crippen LogP contribution in [0.4, 0.5) is 0 Å². The van der Waals surface area contributed by atoms with Crippen LogP contribution < -0.4 is 5.32 Å². The van der Waals surface area contributed by atoms with E-state index in [-0.39, 0.29) is 24.8 Å². The fraction of sp³-hybridized carbons (Fsp3) is 0.458. The summed E-state index contributed by atoms with van der Waals surface area (Å²) in [5.41, 5.74) is 1.20. The molecule has 1 aliphatic heterocycles. The van der Waals surface area contributed by atoms with Gasteiger partial charge in [-0.3, -0.25) is 19.5 Å². The molecule has 158 valence electrons. The first kappa shape index (κ1) is 20.5. The molecule has 1 spiro atoms. The molecule has 1 saturated carbocycles. The van der Waals surface area contributed by atoms with E-state index in [0.717, 1.165) is 36.8 Å². The van der Waals surface area contributed by atoms with E-state index < -0.39 is 11.8 Å². The minimum absolute atomic E-state index is 0.0469. The summed E-state index contributed by atoms with van der Waals surface area (Å²) in [6, 6.07) is 12.8. The van der Waals surface area contributed by atoms with Crippen molar-refractivity contribution < 1.29 is 14.3 Å². The van der Waals surface area contributed by atoms with E-state index >= 15 is 0 Å². The molecule has 3 atom stereocenters. The van der Waals surface area contributed by atoms with Crippen LogP contribution in [-0.2, 0) is 27.3 Å². The second-order valence-corrected chi connectivity index (χ2v) is 8.48. The highest BCUT2D eigenvalue weighted by Gasteiger charge is 2.53. The molecule has 2 amide bonds. The van der Waals surface area contributed by atoms with Gasteiger partial charge in [0.15, 0.2) is 0 Å². The summed E-state index contributed by atoms with van der Waals surface area (Å²) in [6.07, 6.45) is 7.39. The monoisotopic (exact) mass is 407 g/mol. The Bertz CT molecular complexity index is 874. The number of carbonyl (C=O) groups excluding carboxylic acids is 2. The number of rotatable bonds is 5. The third-order valence-corrected chi connectivity index (χ3v) is 6.15. The summed E-state index contributed by atoms with van der Waals surface area (Å²) in [5, 5.41) is 2.97. The molecule has 2 aliphatic rings. The van der Waals surface area contributed by atoms with Crippen LogP contribution in [0.1, 0.15) is 43.7 Å². The number of carbonyl (C=O) groups is 2. The van der Waals surface area contributed by atoms with Gasteiger partial charge in [-0.2, -0.15) is 0 Å². The van der Waals surface area contributed by atoms with Gasteiger partial charge in [0.25, 0.3) is 0 Å². The summed E-state index contributed by atoms with van der Waals surface area (Å²) in [6.45, 7) is 2.82. The van der Waals surface area contributed by atoms with E-state index in [4.69, 9.17) is 4.74 Å². The Hall–Kier alpha value is -2.73. The van der Waals surface area contributed by atoms with Crippen LogP contribution >= 0.6 is 0 Å². The third-order valence-electron chi connectivity index (χ3n) is 6.15. The maximum Gasteiger partial charge on any atom is 0.245 e. The summed E-state index contributed by atoms with van der Waals surface area (Å²) >= 11 is 0. The zero-order chi connectivity index (χ0) is 21.0. The SMILES string of the molecule is CC1CCCC2(C1)OCC(C(=O)NCc1cccnc1)N2C(=O)Cc1ccccc1. The van der Waals surface area contributed by atoms with Crippen LogP contribution in [0.2, 0.25) is 0 Å². The molecule has 1 saturated heterocycles. The minimum atomic E-state index is -0.667. The number of benzene rings is 1. The van der Waals surface area contributed by atoms with Crippen LogP contribution in [0.15, 0.2) is 54.9 Å². The number of amides is 2. The minimum Gasteiger partial charge on any atom is -0.353 e. The lowest BCUT2D eigenvalue weighted by Gasteiger charge is -2.43. The largest absolute Gasteiger partial charge is 0.353 e. The third kappa shape index (κ3) is 4.38. The fourth-order valence-electron chi connectivity index (χ4n) is 4.75. The first-order valence-corrected chi connectivity index (χ1v) is 10.7. The number of ether oxygens (including phenoxy) is 1. The highest BCUT2D eigenvalue weighted by Crippen LogP contribution is 2.43. The molecule has 6 heteroatoms. The molecule has 2 aromatic rings. The van der Waals surface area contributed by atoms with Crippen LogP contribution in [0.5, 0.6) is 0 Å². The molecule has 1 aromatic heterocycles. The zero-order valence-electron chi connectivity index (χ0n) is 17.4. The standard InChI is InChI=1S/C24H29N3O3/c1-18-7-5-11-24(14-18)27(22(28)13-19-8-3-2-4-9-19)21(17-30-24)23(29)26-16-20-10-6-12-25-15-20/h2-4,6,8-10,12,15,18,21H,5,7,11,13-14,16-17H2,1H3,(H,26,29). The topological polar surface area (TPSA) is 71.5 Å². The molecule has 3 unspecified atom stereocenters. The summed E-state index contributed by atoms with van der Waals surface area (Å²) in [4.78, 5) is 32.4. The Balaban J connectivity index is 1.53. The van der Waals surface area contributed by atoms with E-state index in [0.29, 0.717) is 12.5 Å². The van der Waals surface area contributed by atoms with E-state index in [1.165, 1.54) is 0 Å². The van der Waals surface area contributed by atoms with Crippen molar-refractivity contribution in [1.29, 1.82) is 0 Å². The van der Waals surface area contributed by atoms with Crippen molar-refractivity contribution in [2.45, 2.75) is 57.3 Å². The Labute approximate surface area is 177 Å². The van der Waals surface area contributed by atoms with Gasteiger partial charge in [0.1, 0.15) is 11.8 Å². The number of nitrogens with one attached hydrogen (secondary N) is 1. The molecule has 1 aliphatic carbocycles. The van der Waals surface area contributed by atoms with E-state index in [1.807, 2.05) is 42.5 Å². The van der Waals surface area contributed by atoms with Crippen molar-refractivity contribution in [3.63, 3.8) is 0 Å². The van der Waals surface area contributed by atoms with Gasteiger partial charge in [-0.25, -0.2) is 0 Å². The smallest absolute Gasteiger partial charge is 0.245 e. The van der Waals surface area contributed by atoms with Crippen LogP contribution in [0.25, 0.3) is 0 Å². The number of nitrogens with zero attached hydrogens (tertiary/aromatic N) is 2. The van der Waals surface area contributed by atoms with Crippen molar-refractivity contribution in [3.05, 3.63) is 66.0 Å². The lowest BCUT2D eigenvalue weighted by molar-refractivity contribution is -0.162. The number of hydrogen-bond acceptors (Lipinski definition) is 4. The molecular weight excluding hydrogens is 378 g/mol. The Morgan fingerprint density at radius 2 is 2.00 bits per heavy atom. The summed E-state index contributed by atoms with van der Waals surface area (Å²) in [7, 11) is 0. The molecule has 4 rings (SSSR count). The molecular formula is C24H29N3O3. The molecule has 0 bridgehead atoms. The molecule has 1 aromatic carbocycles. The summed E-state index contributed by atoms with van der Waals surface area (Å²) < 4.78 is 6.24. The predicted molar refractivity (Wildman–Crippen MR) is 113 cm³/mol. The van der Waals surface area contributed by atoms with Crippen molar-refractivity contribution in [2.24, 2.45) is 5.92 Å². The van der Waals surface area contributed by atoms with E-state index in [1.54, 1.807) is 17.3 Å². The molecule has 6 nitrogen and oxygen atoms in total. The maximum atomic E-state index is 13.4. The lowest BCUT2D eigenvalue weighted by Crippen LogP contribution is -2.57. The van der Waals surface area contributed by atoms with Gasteiger partial charge in [0, 0.05) is 18.9 Å². The predicted octanol–water partition coefficient (Wildman–Crippen LogP) is 3.07. The molecule has 30 heavy (non-hydrogen) atoms. The molecule has 2 fully saturated rings. The van der Waals surface area contributed by atoms with Crippen LogP contribution in [-0.4, -0.2) is 40.1 Å². The maximum absolute atomic E-state index is 13.4. The molecule has 0 radical (unpaired) electrons. The van der Waals surface area contributed by atoms with Crippen LogP contribution in [0.3, 0.4) is 0 Å². The van der Waals surface area contributed by atoms with Crippen molar-refractivity contribution in [1.82, 2.24) is 15.2 Å². The van der Waals surface area contributed by atoms with Crippen LogP contribution in [0, 0.1) is 5.92 Å². The van der Waals surface area contributed by atoms with Gasteiger partial charge in [-0.15, -0.1) is 0 Å². The highest BCUT2D eigenvalue weighted by molar-refractivity contribution is 5.89. The normalized spacial score (nSPS) is 26.0. The number of hydrogen-bond donors (Lipinski definition) is 1. The Morgan fingerprint density at radius 1 is 1.20 bits per heavy atom. The molecule has 2 heterocycles. The van der Waals surface area contributed by atoms with Gasteiger partial charge >= 0.3 is 0 Å². The van der Waals surface area contributed by atoms with Crippen molar-refractivity contribution in [2.75, 3.05) is 6.61 Å². The van der Waals surface area contributed by atoms with Gasteiger partial charge in [0.2, 0.25) is 11.8 Å². The second kappa shape index (κ2) is 8.96. The van der Waals surface area contributed by atoms with Gasteiger partial charge in [0.05, 0.1) is 13.0 Å². The average molecular weight is 408 g/mol. The van der Waals surface area contributed by atoms with E-state index in [2.05, 4.69) is 17.2 Å². The average Bonchev–Trinajstić information content (AvgIpc) is 3.11. The second-order valence-electron chi connectivity index (χ2n) is 8.48. The highest BCUT2D eigenvalue weighted by atomic mass is 16.5. The fourth-order valence-corrected chi connectivity index (χ4v) is 4.75. The van der Waals surface area contributed by atoms with E-state index in [9.17, 15) is 9.59 Å². The van der Waals surface area contributed by atoms with Crippen molar-refractivity contribution >= 4 is 11.8 Å². The Kier molecular flexibility index (Phi) is 6.13. The first-order valence-electron chi connectivity index (χ1n) is 10.7. The van der Waals surface area contributed by atoms with Gasteiger partial charge in [-0.05, 0) is 42.4 Å². The number of pyridine rings is 1. The van der Waals surface area contributed by atoms with Gasteiger partial charge < -0.3 is 10.1 Å². The quantitative estimate of drug-likeness (QED) is 0.827. The van der Waals surface area contributed by atoms with Gasteiger partial charge in [-0.1, -0.05) is 49.7 Å². The number of aromatic nitrogens is 1. The Morgan fingerprint density at radius 3 is 2.73 bits per heavy atom. The summed E-state index contributed by atoms with van der Waals surface area (Å²) in [5.74, 6) is 0.243. The van der Waals surface area contributed by atoms with Crippen molar-refractivity contribution in [3.8, 4) is 0 Å².